The normalized spacial score (nSPS) is 11.1. The van der Waals surface area contributed by atoms with Crippen LogP contribution >= 0.6 is 11.8 Å². The molecule has 1 amide bonds. The Morgan fingerprint density at radius 3 is 2.59 bits per heavy atom. The van der Waals surface area contributed by atoms with E-state index < -0.39 is 6.61 Å². The first-order valence-corrected chi connectivity index (χ1v) is 11.7. The molecule has 0 spiro atoms. The van der Waals surface area contributed by atoms with Crippen molar-refractivity contribution in [1.82, 2.24) is 19.7 Å². The minimum absolute atomic E-state index is 0.0358. The van der Waals surface area contributed by atoms with Crippen molar-refractivity contribution in [2.24, 2.45) is 0 Å². The molecule has 0 aliphatic carbocycles. The summed E-state index contributed by atoms with van der Waals surface area (Å²) in [5, 5.41) is 9.09. The van der Waals surface area contributed by atoms with E-state index in [1.54, 1.807) is 31.0 Å². The van der Waals surface area contributed by atoms with Crippen LogP contribution in [0.1, 0.15) is 29.4 Å². The minimum Gasteiger partial charge on any atom is -0.490 e. The maximum Gasteiger partial charge on any atom is 0.387 e. The molecule has 0 aliphatic rings. The van der Waals surface area contributed by atoms with Crippen LogP contribution in [0.15, 0.2) is 41.6 Å². The lowest BCUT2D eigenvalue weighted by Crippen LogP contribution is -2.28. The van der Waals surface area contributed by atoms with E-state index in [0.29, 0.717) is 11.8 Å². The number of hydrogen-bond donors (Lipinski definition) is 0. The smallest absolute Gasteiger partial charge is 0.387 e. The lowest BCUT2D eigenvalue weighted by atomic mass is 10.1. The van der Waals surface area contributed by atoms with E-state index in [0.717, 1.165) is 28.2 Å². The number of ether oxygens (including phenoxy) is 2. The highest BCUT2D eigenvalue weighted by Gasteiger charge is 2.18. The molecular formula is C24H28F2N4O3S. The Morgan fingerprint density at radius 2 is 1.88 bits per heavy atom. The average molecular weight is 491 g/mol. The van der Waals surface area contributed by atoms with Gasteiger partial charge in [0.05, 0.1) is 18.0 Å². The number of amides is 1. The zero-order valence-corrected chi connectivity index (χ0v) is 20.7. The van der Waals surface area contributed by atoms with Crippen molar-refractivity contribution in [1.29, 1.82) is 0 Å². The van der Waals surface area contributed by atoms with Crippen LogP contribution < -0.4 is 9.47 Å². The summed E-state index contributed by atoms with van der Waals surface area (Å²) >= 11 is 1.31. The summed E-state index contributed by atoms with van der Waals surface area (Å²) in [6, 6.07) is 10.8. The van der Waals surface area contributed by atoms with E-state index >= 15 is 0 Å². The number of rotatable bonds is 10. The average Bonchev–Trinajstić information content (AvgIpc) is 3.15. The predicted octanol–water partition coefficient (Wildman–Crippen LogP) is 4.94. The van der Waals surface area contributed by atoms with Crippen LogP contribution in [0.4, 0.5) is 8.78 Å². The third-order valence-corrected chi connectivity index (χ3v) is 6.01. The van der Waals surface area contributed by atoms with E-state index in [1.165, 1.54) is 17.8 Å². The molecule has 0 fully saturated rings. The number of thioether (sulfide) groups is 1. The van der Waals surface area contributed by atoms with Gasteiger partial charge in [-0.3, -0.25) is 9.36 Å². The predicted molar refractivity (Wildman–Crippen MR) is 127 cm³/mol. The quantitative estimate of drug-likeness (QED) is 0.375. The van der Waals surface area contributed by atoms with Gasteiger partial charge in [0.1, 0.15) is 5.82 Å². The number of hydrogen-bond acceptors (Lipinski definition) is 6. The second-order valence-corrected chi connectivity index (χ2v) is 8.73. The number of nitrogens with zero attached hydrogens (tertiary/aromatic N) is 4. The van der Waals surface area contributed by atoms with Crippen molar-refractivity contribution in [3.8, 4) is 17.2 Å². The fraction of sp³-hybridized carbons (Fsp3) is 0.375. The number of aryl methyl sites for hydroxylation is 3. The molecule has 0 radical (unpaired) electrons. The molecule has 0 unspecified atom stereocenters. The van der Waals surface area contributed by atoms with E-state index in [9.17, 15) is 13.6 Å². The number of aromatic nitrogens is 3. The Labute approximate surface area is 202 Å². The third kappa shape index (κ3) is 6.25. The SMILES string of the molecule is CCOc1cc(CN(C)C(=O)CSc2nnc(C)n2-c2cc(C)ccc2C)ccc1OC(F)F. The first-order valence-electron chi connectivity index (χ1n) is 10.8. The van der Waals surface area contributed by atoms with Gasteiger partial charge in [0.2, 0.25) is 5.91 Å². The monoisotopic (exact) mass is 490 g/mol. The van der Waals surface area contributed by atoms with E-state index in [4.69, 9.17) is 4.74 Å². The van der Waals surface area contributed by atoms with Gasteiger partial charge in [-0.05, 0) is 62.6 Å². The van der Waals surface area contributed by atoms with Crippen molar-refractivity contribution >= 4 is 17.7 Å². The molecular weight excluding hydrogens is 462 g/mol. The second-order valence-electron chi connectivity index (χ2n) is 7.79. The van der Waals surface area contributed by atoms with Gasteiger partial charge in [0.15, 0.2) is 16.7 Å². The largest absolute Gasteiger partial charge is 0.490 e. The highest BCUT2D eigenvalue weighted by molar-refractivity contribution is 7.99. The van der Waals surface area contributed by atoms with Gasteiger partial charge in [0.25, 0.3) is 0 Å². The maximum atomic E-state index is 12.8. The maximum absolute atomic E-state index is 12.8. The van der Waals surface area contributed by atoms with Crippen LogP contribution in [0.3, 0.4) is 0 Å². The van der Waals surface area contributed by atoms with Gasteiger partial charge in [-0.2, -0.15) is 8.78 Å². The van der Waals surface area contributed by atoms with Crippen molar-refractivity contribution < 1.29 is 23.0 Å². The van der Waals surface area contributed by atoms with Crippen molar-refractivity contribution in [3.05, 3.63) is 58.9 Å². The molecule has 0 atom stereocenters. The zero-order chi connectivity index (χ0) is 24.8. The van der Waals surface area contributed by atoms with Crippen LogP contribution in [-0.4, -0.2) is 51.6 Å². The molecule has 0 saturated carbocycles. The minimum atomic E-state index is -2.94. The molecule has 3 rings (SSSR count). The third-order valence-electron chi connectivity index (χ3n) is 5.09. The standard InChI is InChI=1S/C24H28F2N4O3S/c1-6-32-21-12-18(9-10-20(21)33-23(25)26)13-29(5)22(31)14-34-24-28-27-17(4)30(24)19-11-15(2)7-8-16(19)3/h7-12,23H,6,13-14H2,1-5H3. The summed E-state index contributed by atoms with van der Waals surface area (Å²) < 4.78 is 37.1. The molecule has 3 aromatic rings. The van der Waals surface area contributed by atoms with Crippen LogP contribution in [0.25, 0.3) is 5.69 Å². The first kappa shape index (κ1) is 25.5. The number of alkyl halides is 2. The van der Waals surface area contributed by atoms with Gasteiger partial charge in [-0.1, -0.05) is 30.0 Å². The second kappa shape index (κ2) is 11.3. The van der Waals surface area contributed by atoms with Crippen LogP contribution in [0.5, 0.6) is 11.5 Å². The molecule has 1 heterocycles. The Hall–Kier alpha value is -3.14. The first-order chi connectivity index (χ1) is 16.2. The summed E-state index contributed by atoms with van der Waals surface area (Å²) in [5.74, 6) is 0.985. The van der Waals surface area contributed by atoms with E-state index in [-0.39, 0.29) is 29.7 Å². The Bertz CT molecular complexity index is 1150. The molecule has 0 aliphatic heterocycles. The zero-order valence-electron chi connectivity index (χ0n) is 19.8. The van der Waals surface area contributed by atoms with Crippen LogP contribution in [-0.2, 0) is 11.3 Å². The fourth-order valence-electron chi connectivity index (χ4n) is 3.39. The van der Waals surface area contributed by atoms with Gasteiger partial charge in [-0.25, -0.2) is 0 Å². The summed E-state index contributed by atoms with van der Waals surface area (Å²) in [7, 11) is 1.69. The molecule has 7 nitrogen and oxygen atoms in total. The van der Waals surface area contributed by atoms with E-state index in [2.05, 4.69) is 21.0 Å². The molecule has 10 heteroatoms. The number of carbonyl (C=O) groups is 1. The van der Waals surface area contributed by atoms with Gasteiger partial charge in [-0.15, -0.1) is 10.2 Å². The van der Waals surface area contributed by atoms with Crippen LogP contribution in [0.2, 0.25) is 0 Å². The molecule has 0 N–H and O–H groups in total. The molecule has 182 valence electrons. The van der Waals surface area contributed by atoms with Crippen molar-refractivity contribution in [3.63, 3.8) is 0 Å². The molecule has 0 saturated heterocycles. The lowest BCUT2D eigenvalue weighted by molar-refractivity contribution is -0.127. The molecule has 1 aromatic heterocycles. The Kier molecular flexibility index (Phi) is 8.49. The summed E-state index contributed by atoms with van der Waals surface area (Å²) in [6.45, 7) is 5.33. The molecule has 34 heavy (non-hydrogen) atoms. The summed E-state index contributed by atoms with van der Waals surface area (Å²) in [4.78, 5) is 14.4. The number of carbonyl (C=O) groups excluding carboxylic acids is 1. The van der Waals surface area contributed by atoms with Crippen LogP contribution in [0, 0.1) is 20.8 Å². The topological polar surface area (TPSA) is 69.5 Å². The van der Waals surface area contributed by atoms with Crippen molar-refractivity contribution in [2.45, 2.75) is 46.0 Å². The summed E-state index contributed by atoms with van der Waals surface area (Å²) in [5.41, 5.74) is 3.93. The van der Waals surface area contributed by atoms with Crippen molar-refractivity contribution in [2.75, 3.05) is 19.4 Å². The van der Waals surface area contributed by atoms with E-state index in [1.807, 2.05) is 37.5 Å². The molecule has 0 bridgehead atoms. The van der Waals surface area contributed by atoms with Gasteiger partial charge < -0.3 is 14.4 Å². The number of halogens is 2. The lowest BCUT2D eigenvalue weighted by Gasteiger charge is -2.19. The highest BCUT2D eigenvalue weighted by atomic mass is 32.2. The Balaban J connectivity index is 1.69. The summed E-state index contributed by atoms with van der Waals surface area (Å²) in [6.07, 6.45) is 0. The number of benzene rings is 2. The molecule has 2 aromatic carbocycles. The van der Waals surface area contributed by atoms with Gasteiger partial charge >= 0.3 is 6.61 Å². The highest BCUT2D eigenvalue weighted by Crippen LogP contribution is 2.30. The van der Waals surface area contributed by atoms with Gasteiger partial charge in [0, 0.05) is 13.6 Å². The fourth-order valence-corrected chi connectivity index (χ4v) is 4.32. The Morgan fingerprint density at radius 1 is 1.12 bits per heavy atom.